The van der Waals surface area contributed by atoms with Crippen LogP contribution in [-0.2, 0) is 6.54 Å². The van der Waals surface area contributed by atoms with E-state index in [9.17, 15) is 0 Å². The molecule has 0 saturated carbocycles. The molecule has 2 rings (SSSR count). The van der Waals surface area contributed by atoms with Gasteiger partial charge in [-0.2, -0.15) is 0 Å². The molecule has 0 bridgehead atoms. The van der Waals surface area contributed by atoms with Crippen molar-refractivity contribution in [2.75, 3.05) is 18.3 Å². The standard InChI is InChI=1S/C7H12B2N6/c8-5-10-7-11-12-13-15(7)4-6-2-1-3-14(6)9/h6H,1-5H2,(H,10,11,13). The minimum absolute atomic E-state index is 0.312. The molecule has 1 unspecified atom stereocenters. The molecule has 4 radical (unpaired) electrons. The number of aromatic nitrogens is 4. The first-order valence-electron chi connectivity index (χ1n) is 5.02. The second kappa shape index (κ2) is 4.65. The van der Waals surface area contributed by atoms with Crippen molar-refractivity contribution < 1.29 is 0 Å². The summed E-state index contributed by atoms with van der Waals surface area (Å²) in [5.74, 6) is 0.595. The zero-order chi connectivity index (χ0) is 10.7. The van der Waals surface area contributed by atoms with Crippen molar-refractivity contribution in [2.45, 2.75) is 25.4 Å². The second-order valence-corrected chi connectivity index (χ2v) is 3.60. The van der Waals surface area contributed by atoms with Crippen molar-refractivity contribution in [1.82, 2.24) is 25.0 Å². The van der Waals surface area contributed by atoms with E-state index < -0.39 is 0 Å². The number of nitrogens with zero attached hydrogens (tertiary/aromatic N) is 5. The third-order valence-electron chi connectivity index (χ3n) is 2.60. The lowest BCUT2D eigenvalue weighted by molar-refractivity contribution is 0.357. The lowest BCUT2D eigenvalue weighted by Crippen LogP contribution is -2.31. The number of rotatable bonds is 4. The van der Waals surface area contributed by atoms with Gasteiger partial charge in [-0.1, -0.05) is 5.10 Å². The van der Waals surface area contributed by atoms with Gasteiger partial charge in [-0.25, -0.2) is 4.68 Å². The number of hydrogen-bond acceptors (Lipinski definition) is 5. The lowest BCUT2D eigenvalue weighted by atomic mass is 10.2. The minimum Gasteiger partial charge on any atom is -0.362 e. The van der Waals surface area contributed by atoms with Crippen LogP contribution in [0, 0.1) is 0 Å². The molecule has 1 aliphatic heterocycles. The lowest BCUT2D eigenvalue weighted by Gasteiger charge is -2.19. The zero-order valence-corrected chi connectivity index (χ0v) is 8.50. The Kier molecular flexibility index (Phi) is 3.25. The van der Waals surface area contributed by atoms with Crippen LogP contribution in [0.15, 0.2) is 0 Å². The van der Waals surface area contributed by atoms with Crippen LogP contribution in [-0.4, -0.2) is 59.9 Å². The molecule has 1 atom stereocenters. The summed E-state index contributed by atoms with van der Waals surface area (Å²) in [6.07, 6.45) is 2.53. The number of hydrogen-bond donors (Lipinski definition) is 1. The highest BCUT2D eigenvalue weighted by molar-refractivity contribution is 6.09. The minimum atomic E-state index is 0.312. The second-order valence-electron chi connectivity index (χ2n) is 3.60. The van der Waals surface area contributed by atoms with E-state index in [2.05, 4.69) is 20.8 Å². The summed E-state index contributed by atoms with van der Waals surface area (Å²) in [6.45, 7) is 1.64. The number of anilines is 1. The Morgan fingerprint density at radius 1 is 1.53 bits per heavy atom. The Morgan fingerprint density at radius 3 is 3.07 bits per heavy atom. The van der Waals surface area contributed by atoms with Gasteiger partial charge in [0.1, 0.15) is 0 Å². The maximum absolute atomic E-state index is 5.83. The predicted molar refractivity (Wildman–Crippen MR) is 57.5 cm³/mol. The first-order valence-corrected chi connectivity index (χ1v) is 5.02. The smallest absolute Gasteiger partial charge is 0.242 e. The van der Waals surface area contributed by atoms with Gasteiger partial charge in [0.05, 0.1) is 14.4 Å². The summed E-state index contributed by atoms with van der Waals surface area (Å²) >= 11 is 0. The summed E-state index contributed by atoms with van der Waals surface area (Å²) < 4.78 is 1.70. The van der Waals surface area contributed by atoms with Crippen molar-refractivity contribution in [2.24, 2.45) is 0 Å². The molecule has 1 fully saturated rings. The molecule has 1 N–H and O–H groups in total. The van der Waals surface area contributed by atoms with E-state index in [1.54, 1.807) is 4.68 Å². The SMILES string of the molecule is [B]CNc1nnnn1CC1CCCN1[B]. The summed E-state index contributed by atoms with van der Waals surface area (Å²) in [7, 11) is 11.2. The Labute approximate surface area is 91.2 Å². The fraction of sp³-hybridized carbons (Fsp3) is 0.857. The van der Waals surface area contributed by atoms with Gasteiger partial charge in [0.25, 0.3) is 0 Å². The molecular weight excluding hydrogens is 190 g/mol. The quantitative estimate of drug-likeness (QED) is 0.618. The highest BCUT2D eigenvalue weighted by Gasteiger charge is 2.22. The fourth-order valence-corrected chi connectivity index (χ4v) is 1.80. The van der Waals surface area contributed by atoms with Gasteiger partial charge in [0.2, 0.25) is 5.95 Å². The molecule has 8 heteroatoms. The molecule has 1 saturated heterocycles. The number of nitrogens with one attached hydrogen (secondary N) is 1. The van der Waals surface area contributed by atoms with E-state index in [4.69, 9.17) is 15.8 Å². The van der Waals surface area contributed by atoms with Crippen molar-refractivity contribution in [3.8, 4) is 0 Å². The van der Waals surface area contributed by atoms with E-state index >= 15 is 0 Å². The maximum Gasteiger partial charge on any atom is 0.242 e. The first kappa shape index (κ1) is 10.5. The van der Waals surface area contributed by atoms with Gasteiger partial charge in [-0.3, -0.25) is 0 Å². The molecule has 1 aliphatic rings. The molecule has 1 aromatic heterocycles. The topological polar surface area (TPSA) is 58.9 Å². The molecule has 0 aliphatic carbocycles. The summed E-state index contributed by atoms with van der Waals surface area (Å²) in [6, 6.07) is 0.312. The third kappa shape index (κ3) is 2.31. The van der Waals surface area contributed by atoms with Crippen LogP contribution in [0.2, 0.25) is 0 Å². The summed E-state index contributed by atoms with van der Waals surface area (Å²) in [4.78, 5) is 1.84. The van der Waals surface area contributed by atoms with E-state index in [0.717, 1.165) is 19.4 Å². The predicted octanol–water partition coefficient (Wildman–Crippen LogP) is -1.24. The van der Waals surface area contributed by atoms with Crippen LogP contribution >= 0.6 is 0 Å². The number of tetrazole rings is 1. The Hall–Kier alpha value is -1.04. The summed E-state index contributed by atoms with van der Waals surface area (Å²) in [5, 5.41) is 14.2. The van der Waals surface area contributed by atoms with Gasteiger partial charge in [-0.15, -0.1) is 0 Å². The molecule has 76 valence electrons. The van der Waals surface area contributed by atoms with E-state index in [1.165, 1.54) is 0 Å². The van der Waals surface area contributed by atoms with Gasteiger partial charge in [0.15, 0.2) is 7.98 Å². The van der Waals surface area contributed by atoms with Gasteiger partial charge >= 0.3 is 0 Å². The van der Waals surface area contributed by atoms with Crippen molar-refractivity contribution >= 4 is 21.8 Å². The normalized spacial score (nSPS) is 22.0. The summed E-state index contributed by atoms with van der Waals surface area (Å²) in [5.41, 5.74) is 0. The molecule has 0 amide bonds. The molecule has 0 spiro atoms. The Morgan fingerprint density at radius 2 is 2.40 bits per heavy atom. The first-order chi connectivity index (χ1) is 7.31. The highest BCUT2D eigenvalue weighted by Crippen LogP contribution is 2.16. The maximum atomic E-state index is 5.83. The van der Waals surface area contributed by atoms with Crippen LogP contribution in [0.4, 0.5) is 5.95 Å². The van der Waals surface area contributed by atoms with Gasteiger partial charge < -0.3 is 10.1 Å². The fourth-order valence-electron chi connectivity index (χ4n) is 1.80. The van der Waals surface area contributed by atoms with Crippen molar-refractivity contribution in [3.63, 3.8) is 0 Å². The van der Waals surface area contributed by atoms with Gasteiger partial charge in [0, 0.05) is 6.04 Å². The van der Waals surface area contributed by atoms with Crippen LogP contribution < -0.4 is 5.32 Å². The molecule has 1 aromatic rings. The molecule has 2 heterocycles. The average Bonchev–Trinajstić information content (AvgIpc) is 2.80. The largest absolute Gasteiger partial charge is 0.362 e. The third-order valence-corrected chi connectivity index (χ3v) is 2.60. The van der Waals surface area contributed by atoms with Crippen LogP contribution in [0.1, 0.15) is 12.8 Å². The van der Waals surface area contributed by atoms with Gasteiger partial charge in [-0.05, 0) is 36.3 Å². The molecule has 0 aromatic carbocycles. The Bertz CT molecular complexity index is 316. The molecule has 15 heavy (non-hydrogen) atoms. The van der Waals surface area contributed by atoms with E-state index in [0.29, 0.717) is 25.0 Å². The highest BCUT2D eigenvalue weighted by atomic mass is 15.6. The van der Waals surface area contributed by atoms with E-state index in [-0.39, 0.29) is 0 Å². The van der Waals surface area contributed by atoms with Crippen LogP contribution in [0.25, 0.3) is 0 Å². The zero-order valence-electron chi connectivity index (χ0n) is 8.50. The average molecular weight is 202 g/mol. The monoisotopic (exact) mass is 202 g/mol. The molecule has 6 nitrogen and oxygen atoms in total. The Balaban J connectivity index is 2.00. The van der Waals surface area contributed by atoms with Crippen molar-refractivity contribution in [3.05, 3.63) is 0 Å². The van der Waals surface area contributed by atoms with Crippen LogP contribution in [0.3, 0.4) is 0 Å². The molecular formula is C7H12B2N6. The van der Waals surface area contributed by atoms with E-state index in [1.807, 2.05) is 4.81 Å². The van der Waals surface area contributed by atoms with Crippen LogP contribution in [0.5, 0.6) is 0 Å². The van der Waals surface area contributed by atoms with Crippen molar-refractivity contribution in [1.29, 1.82) is 0 Å².